The molecule has 0 aliphatic carbocycles. The molecule has 0 bridgehead atoms. The molecule has 0 amide bonds. The van der Waals surface area contributed by atoms with E-state index in [0.717, 1.165) is 0 Å². The van der Waals surface area contributed by atoms with Crippen molar-refractivity contribution in [1.82, 2.24) is 0 Å². The summed E-state index contributed by atoms with van der Waals surface area (Å²) in [6.45, 7) is 1.55. The van der Waals surface area contributed by atoms with Gasteiger partial charge in [0.25, 0.3) is 0 Å². The molecule has 0 radical (unpaired) electrons. The molecule has 2 aromatic carbocycles. The van der Waals surface area contributed by atoms with Gasteiger partial charge in [0.1, 0.15) is 17.4 Å². The Morgan fingerprint density at radius 1 is 1.15 bits per heavy atom. The Kier molecular flexibility index (Phi) is 4.11. The highest BCUT2D eigenvalue weighted by atomic mass is 79.9. The quantitative estimate of drug-likeness (QED) is 0.857. The molecule has 20 heavy (non-hydrogen) atoms. The zero-order valence-electron chi connectivity index (χ0n) is 11.1. The fourth-order valence-corrected chi connectivity index (χ4v) is 2.54. The van der Waals surface area contributed by atoms with Crippen LogP contribution in [-0.2, 0) is 5.54 Å². The van der Waals surface area contributed by atoms with Crippen molar-refractivity contribution in [1.29, 1.82) is 0 Å². The average molecular weight is 342 g/mol. The normalized spacial score (nSPS) is 13.9. The summed E-state index contributed by atoms with van der Waals surface area (Å²) in [7, 11) is 1.49. The van der Waals surface area contributed by atoms with Gasteiger partial charge in [-0.1, -0.05) is 18.2 Å². The van der Waals surface area contributed by atoms with Gasteiger partial charge in [-0.2, -0.15) is 0 Å². The first-order chi connectivity index (χ1) is 9.39. The molecule has 0 saturated carbocycles. The Morgan fingerprint density at radius 3 is 2.45 bits per heavy atom. The van der Waals surface area contributed by atoms with Crippen molar-refractivity contribution < 1.29 is 13.5 Å². The minimum absolute atomic E-state index is 0.167. The number of hydrogen-bond donors (Lipinski definition) is 1. The molecule has 0 saturated heterocycles. The summed E-state index contributed by atoms with van der Waals surface area (Å²) in [5.41, 5.74) is 5.18. The van der Waals surface area contributed by atoms with Crippen LogP contribution in [0.15, 0.2) is 40.9 Å². The summed E-state index contributed by atoms with van der Waals surface area (Å²) in [5.74, 6) is -0.918. The van der Waals surface area contributed by atoms with Crippen molar-refractivity contribution in [2.45, 2.75) is 12.5 Å². The molecule has 0 aliphatic rings. The van der Waals surface area contributed by atoms with Crippen molar-refractivity contribution in [3.63, 3.8) is 0 Å². The fourth-order valence-electron chi connectivity index (χ4n) is 2.21. The minimum atomic E-state index is -1.36. The molecular weight excluding hydrogens is 328 g/mol. The number of methoxy groups -OCH3 is 1. The molecule has 2 nitrogen and oxygen atoms in total. The van der Waals surface area contributed by atoms with E-state index < -0.39 is 17.2 Å². The molecule has 0 fully saturated rings. The first-order valence-electron chi connectivity index (χ1n) is 5.96. The molecule has 0 spiro atoms. The Bertz CT molecular complexity index is 644. The summed E-state index contributed by atoms with van der Waals surface area (Å²) in [6.07, 6.45) is 0. The lowest BCUT2D eigenvalue weighted by Crippen LogP contribution is -2.37. The Morgan fingerprint density at radius 2 is 1.80 bits per heavy atom. The molecule has 2 aromatic rings. The summed E-state index contributed by atoms with van der Waals surface area (Å²) in [5, 5.41) is 0. The number of para-hydroxylation sites is 1. The van der Waals surface area contributed by atoms with Crippen molar-refractivity contribution in [3.8, 4) is 5.75 Å². The molecular formula is C15H14BrF2NO. The van der Waals surface area contributed by atoms with Crippen LogP contribution in [-0.4, -0.2) is 7.11 Å². The van der Waals surface area contributed by atoms with Crippen LogP contribution >= 0.6 is 15.9 Å². The maximum absolute atomic E-state index is 14.3. The first-order valence-corrected chi connectivity index (χ1v) is 6.75. The Balaban J connectivity index is 2.70. The molecule has 0 heterocycles. The number of hydrogen-bond acceptors (Lipinski definition) is 2. The highest BCUT2D eigenvalue weighted by molar-refractivity contribution is 9.10. The Hall–Kier alpha value is -1.46. The van der Waals surface area contributed by atoms with E-state index in [1.165, 1.54) is 19.2 Å². The molecule has 2 N–H and O–H groups in total. The number of benzene rings is 2. The lowest BCUT2D eigenvalue weighted by Gasteiger charge is -2.28. The standard InChI is InChI=1S/C15H14BrF2NO/c1-15(19,9-5-3-4-6-12(9)20-2)13-11(17)8-7-10(16)14(13)18/h3-8H,19H2,1-2H3. The van der Waals surface area contributed by atoms with Crippen LogP contribution in [0.4, 0.5) is 8.78 Å². The van der Waals surface area contributed by atoms with Crippen molar-refractivity contribution in [2.24, 2.45) is 5.73 Å². The van der Waals surface area contributed by atoms with Gasteiger partial charge in [0.05, 0.1) is 17.1 Å². The third-order valence-electron chi connectivity index (χ3n) is 3.23. The van der Waals surface area contributed by atoms with Gasteiger partial charge in [0, 0.05) is 11.1 Å². The van der Waals surface area contributed by atoms with E-state index in [1.54, 1.807) is 31.2 Å². The lowest BCUT2D eigenvalue weighted by molar-refractivity contribution is 0.393. The molecule has 5 heteroatoms. The van der Waals surface area contributed by atoms with Gasteiger partial charge >= 0.3 is 0 Å². The molecule has 1 unspecified atom stereocenters. The van der Waals surface area contributed by atoms with Gasteiger partial charge in [0.2, 0.25) is 0 Å². The van der Waals surface area contributed by atoms with Crippen LogP contribution in [0.5, 0.6) is 5.75 Å². The third kappa shape index (κ3) is 2.43. The maximum atomic E-state index is 14.3. The fraction of sp³-hybridized carbons (Fsp3) is 0.200. The van der Waals surface area contributed by atoms with Crippen LogP contribution in [0, 0.1) is 11.6 Å². The molecule has 106 valence electrons. The van der Waals surface area contributed by atoms with E-state index in [0.29, 0.717) is 11.3 Å². The SMILES string of the molecule is COc1ccccc1C(C)(N)c1c(F)ccc(Br)c1F. The third-order valence-corrected chi connectivity index (χ3v) is 3.84. The van der Waals surface area contributed by atoms with Crippen LogP contribution in [0.25, 0.3) is 0 Å². The molecule has 0 aliphatic heterocycles. The number of halogens is 3. The smallest absolute Gasteiger partial charge is 0.145 e. The highest BCUT2D eigenvalue weighted by Gasteiger charge is 2.33. The largest absolute Gasteiger partial charge is 0.496 e. The topological polar surface area (TPSA) is 35.2 Å². The summed E-state index contributed by atoms with van der Waals surface area (Å²) in [6, 6.07) is 9.41. The van der Waals surface area contributed by atoms with E-state index in [1.807, 2.05) is 0 Å². The van der Waals surface area contributed by atoms with Gasteiger partial charge < -0.3 is 10.5 Å². The number of ether oxygens (including phenoxy) is 1. The van der Waals surface area contributed by atoms with Crippen molar-refractivity contribution in [3.05, 3.63) is 63.6 Å². The lowest BCUT2D eigenvalue weighted by atomic mass is 9.84. The van der Waals surface area contributed by atoms with Gasteiger partial charge in [-0.05, 0) is 41.1 Å². The molecule has 1 atom stereocenters. The van der Waals surface area contributed by atoms with Gasteiger partial charge in [-0.3, -0.25) is 0 Å². The highest BCUT2D eigenvalue weighted by Crippen LogP contribution is 2.37. The predicted molar refractivity (Wildman–Crippen MR) is 77.7 cm³/mol. The second-order valence-electron chi connectivity index (χ2n) is 4.62. The van der Waals surface area contributed by atoms with Crippen molar-refractivity contribution in [2.75, 3.05) is 7.11 Å². The van der Waals surface area contributed by atoms with E-state index >= 15 is 0 Å². The summed E-state index contributed by atoms with van der Waals surface area (Å²) >= 11 is 3.05. The first kappa shape index (κ1) is 14.9. The van der Waals surface area contributed by atoms with E-state index in [9.17, 15) is 8.78 Å². The zero-order chi connectivity index (χ0) is 14.9. The number of nitrogens with two attached hydrogens (primary N) is 1. The monoisotopic (exact) mass is 341 g/mol. The average Bonchev–Trinajstić information content (AvgIpc) is 2.43. The van der Waals surface area contributed by atoms with E-state index in [4.69, 9.17) is 10.5 Å². The predicted octanol–water partition coefficient (Wildman–Crippen LogP) is 3.96. The van der Waals surface area contributed by atoms with Crippen molar-refractivity contribution >= 4 is 15.9 Å². The molecule has 0 aromatic heterocycles. The van der Waals surface area contributed by atoms with Crippen LogP contribution in [0.3, 0.4) is 0 Å². The van der Waals surface area contributed by atoms with E-state index in [2.05, 4.69) is 15.9 Å². The van der Waals surface area contributed by atoms with Crippen LogP contribution in [0.1, 0.15) is 18.1 Å². The second-order valence-corrected chi connectivity index (χ2v) is 5.48. The van der Waals surface area contributed by atoms with Crippen LogP contribution < -0.4 is 10.5 Å². The second kappa shape index (κ2) is 5.50. The van der Waals surface area contributed by atoms with Gasteiger partial charge in [-0.15, -0.1) is 0 Å². The molecule has 2 rings (SSSR count). The zero-order valence-corrected chi connectivity index (χ0v) is 12.7. The number of rotatable bonds is 3. The Labute approximate surface area is 124 Å². The van der Waals surface area contributed by atoms with E-state index in [-0.39, 0.29) is 10.0 Å². The minimum Gasteiger partial charge on any atom is -0.496 e. The maximum Gasteiger partial charge on any atom is 0.145 e. The summed E-state index contributed by atoms with van der Waals surface area (Å²) in [4.78, 5) is 0. The van der Waals surface area contributed by atoms with Gasteiger partial charge in [-0.25, -0.2) is 8.78 Å². The van der Waals surface area contributed by atoms with Crippen LogP contribution in [0.2, 0.25) is 0 Å². The van der Waals surface area contributed by atoms with Gasteiger partial charge in [0.15, 0.2) is 0 Å². The summed E-state index contributed by atoms with van der Waals surface area (Å²) < 4.78 is 33.7.